The van der Waals surface area contributed by atoms with Crippen LogP contribution < -0.4 is 0 Å². The number of aromatic hydroxyl groups is 1. The van der Waals surface area contributed by atoms with Crippen molar-refractivity contribution in [2.75, 3.05) is 0 Å². The van der Waals surface area contributed by atoms with Crippen LogP contribution in [0.15, 0.2) is 67.0 Å². The lowest BCUT2D eigenvalue weighted by Crippen LogP contribution is -1.98. The van der Waals surface area contributed by atoms with Crippen LogP contribution >= 0.6 is 11.6 Å². The lowest BCUT2D eigenvalue weighted by Gasteiger charge is -2.12. The average molecular weight is 346 g/mol. The van der Waals surface area contributed by atoms with Crippen LogP contribution in [0.1, 0.15) is 5.56 Å². The first-order valence-electron chi connectivity index (χ1n) is 7.63. The second kappa shape index (κ2) is 5.97. The molecule has 0 amide bonds. The molecule has 0 spiro atoms. The monoisotopic (exact) mass is 345 g/mol. The maximum absolute atomic E-state index is 9.79. The highest BCUT2D eigenvalue weighted by atomic mass is 35.5. The summed E-state index contributed by atoms with van der Waals surface area (Å²) in [5.41, 5.74) is 3.91. The first kappa shape index (κ1) is 15.3. The van der Waals surface area contributed by atoms with Crippen LogP contribution in [0.3, 0.4) is 0 Å². The number of pyridine rings is 1. The Morgan fingerprint density at radius 2 is 1.80 bits per heavy atom. The largest absolute Gasteiger partial charge is 0.506 e. The summed E-state index contributed by atoms with van der Waals surface area (Å²) in [5, 5.41) is 20.7. The zero-order chi connectivity index (χ0) is 17.4. The van der Waals surface area contributed by atoms with Crippen molar-refractivity contribution in [3.05, 3.63) is 77.6 Å². The summed E-state index contributed by atoms with van der Waals surface area (Å²) < 4.78 is 1.98. The molecule has 0 aliphatic carbocycles. The van der Waals surface area contributed by atoms with E-state index in [0.29, 0.717) is 5.56 Å². The van der Waals surface area contributed by atoms with E-state index in [4.69, 9.17) is 11.6 Å². The number of nitriles is 1. The minimum Gasteiger partial charge on any atom is -0.506 e. The Morgan fingerprint density at radius 1 is 1.04 bits per heavy atom. The Morgan fingerprint density at radius 3 is 2.52 bits per heavy atom. The molecule has 0 atom stereocenters. The third kappa shape index (κ3) is 2.42. The number of para-hydroxylation sites is 1. The summed E-state index contributed by atoms with van der Waals surface area (Å²) in [6.45, 7) is 0. The van der Waals surface area contributed by atoms with Crippen LogP contribution in [0.2, 0.25) is 5.02 Å². The summed E-state index contributed by atoms with van der Waals surface area (Å²) in [6.07, 6.45) is 3.39. The van der Waals surface area contributed by atoms with Crippen molar-refractivity contribution < 1.29 is 5.11 Å². The fourth-order valence-electron chi connectivity index (χ4n) is 3.04. The number of rotatable bonds is 2. The fourth-order valence-corrected chi connectivity index (χ4v) is 3.21. The van der Waals surface area contributed by atoms with Crippen molar-refractivity contribution >= 4 is 22.5 Å². The Bertz CT molecular complexity index is 1130. The lowest BCUT2D eigenvalue weighted by molar-refractivity contribution is 0.475. The third-order valence-electron chi connectivity index (χ3n) is 4.13. The number of hydrogen-bond donors (Lipinski definition) is 1. The van der Waals surface area contributed by atoms with Gasteiger partial charge in [-0.05, 0) is 36.4 Å². The molecule has 5 heteroatoms. The summed E-state index contributed by atoms with van der Waals surface area (Å²) >= 11 is 6.12. The van der Waals surface area contributed by atoms with Gasteiger partial charge >= 0.3 is 0 Å². The summed E-state index contributed by atoms with van der Waals surface area (Å²) in [6, 6.07) is 18.8. The molecule has 4 rings (SSSR count). The molecule has 0 fully saturated rings. The van der Waals surface area contributed by atoms with E-state index in [-0.39, 0.29) is 10.8 Å². The second-order valence-electron chi connectivity index (χ2n) is 5.56. The minimum absolute atomic E-state index is 0.0212. The van der Waals surface area contributed by atoms with Gasteiger partial charge in [0.15, 0.2) is 0 Å². The van der Waals surface area contributed by atoms with E-state index in [9.17, 15) is 10.4 Å². The number of benzene rings is 2. The smallest absolute Gasteiger partial charge is 0.134 e. The Labute approximate surface area is 149 Å². The van der Waals surface area contributed by atoms with Crippen molar-refractivity contribution in [3.63, 3.8) is 0 Å². The van der Waals surface area contributed by atoms with Crippen molar-refractivity contribution in [3.8, 4) is 28.8 Å². The highest BCUT2D eigenvalue weighted by Crippen LogP contribution is 2.37. The lowest BCUT2D eigenvalue weighted by atomic mass is 10.1. The molecule has 0 aliphatic rings. The van der Waals surface area contributed by atoms with Gasteiger partial charge in [0.1, 0.15) is 11.8 Å². The predicted molar refractivity (Wildman–Crippen MR) is 97.9 cm³/mol. The fraction of sp³-hybridized carbons (Fsp3) is 0. The molecule has 4 aromatic rings. The molecule has 0 bridgehead atoms. The highest BCUT2D eigenvalue weighted by Gasteiger charge is 2.20. The molecule has 0 aliphatic heterocycles. The van der Waals surface area contributed by atoms with Gasteiger partial charge in [0.2, 0.25) is 0 Å². The van der Waals surface area contributed by atoms with E-state index in [1.807, 2.05) is 41.0 Å². The maximum Gasteiger partial charge on any atom is 0.134 e. The van der Waals surface area contributed by atoms with E-state index in [1.165, 1.54) is 0 Å². The molecule has 4 nitrogen and oxygen atoms in total. The number of nitrogens with zero attached hydrogens (tertiary/aromatic N) is 3. The molecule has 0 radical (unpaired) electrons. The molecule has 1 N–H and O–H groups in total. The molecular formula is C20H12ClN3O. The topological polar surface area (TPSA) is 61.8 Å². The second-order valence-corrected chi connectivity index (χ2v) is 5.97. The first-order chi connectivity index (χ1) is 12.2. The van der Waals surface area contributed by atoms with Gasteiger partial charge in [-0.15, -0.1) is 0 Å². The van der Waals surface area contributed by atoms with Crippen LogP contribution in [0.4, 0.5) is 0 Å². The van der Waals surface area contributed by atoms with Gasteiger partial charge in [-0.3, -0.25) is 4.98 Å². The molecule has 0 saturated heterocycles. The van der Waals surface area contributed by atoms with E-state index in [2.05, 4.69) is 11.1 Å². The molecule has 0 unspecified atom stereocenters. The Kier molecular flexibility index (Phi) is 3.64. The van der Waals surface area contributed by atoms with Crippen LogP contribution in [0, 0.1) is 11.3 Å². The third-order valence-corrected chi connectivity index (χ3v) is 4.43. The van der Waals surface area contributed by atoms with E-state index in [0.717, 1.165) is 27.8 Å². The Hall–Kier alpha value is -3.29. The zero-order valence-electron chi connectivity index (χ0n) is 13.0. The van der Waals surface area contributed by atoms with Crippen molar-refractivity contribution in [2.45, 2.75) is 0 Å². The van der Waals surface area contributed by atoms with Gasteiger partial charge in [-0.2, -0.15) is 5.26 Å². The molecular weight excluding hydrogens is 334 g/mol. The molecule has 2 heterocycles. The SMILES string of the molecule is N#Cc1c(-c2ccncc2)n(-c2ccc(O)c(Cl)c2)c2ccccc12. The van der Waals surface area contributed by atoms with Crippen LogP contribution in [-0.4, -0.2) is 14.7 Å². The number of halogens is 1. The average Bonchev–Trinajstić information content (AvgIpc) is 2.99. The standard InChI is InChI=1S/C20H12ClN3O/c21-17-11-14(5-6-19(17)25)24-18-4-2-1-3-15(18)16(12-22)20(24)13-7-9-23-10-8-13/h1-11,25H. The Balaban J connectivity index is 2.16. The number of hydrogen-bond acceptors (Lipinski definition) is 3. The van der Waals surface area contributed by atoms with Crippen molar-refractivity contribution in [1.82, 2.24) is 9.55 Å². The number of fused-ring (bicyclic) bond motifs is 1. The number of phenolic OH excluding ortho intramolecular Hbond substituents is 1. The predicted octanol–water partition coefficient (Wildman–Crippen LogP) is 4.92. The van der Waals surface area contributed by atoms with Gasteiger partial charge in [-0.1, -0.05) is 29.8 Å². The molecule has 2 aromatic heterocycles. The van der Waals surface area contributed by atoms with E-state index in [1.54, 1.807) is 30.6 Å². The molecule has 120 valence electrons. The van der Waals surface area contributed by atoms with E-state index < -0.39 is 0 Å². The zero-order valence-corrected chi connectivity index (χ0v) is 13.8. The first-order valence-corrected chi connectivity index (χ1v) is 8.01. The van der Waals surface area contributed by atoms with Gasteiger partial charge < -0.3 is 9.67 Å². The van der Waals surface area contributed by atoms with Gasteiger partial charge in [0.25, 0.3) is 0 Å². The maximum atomic E-state index is 9.79. The van der Waals surface area contributed by atoms with Crippen molar-refractivity contribution in [1.29, 1.82) is 5.26 Å². The number of phenols is 1. The van der Waals surface area contributed by atoms with Gasteiger partial charge in [0, 0.05) is 29.0 Å². The molecule has 2 aromatic carbocycles. The summed E-state index contributed by atoms with van der Waals surface area (Å²) in [5.74, 6) is 0.0212. The van der Waals surface area contributed by atoms with Gasteiger partial charge in [-0.25, -0.2) is 0 Å². The highest BCUT2D eigenvalue weighted by molar-refractivity contribution is 6.32. The molecule has 0 saturated carbocycles. The van der Waals surface area contributed by atoms with Gasteiger partial charge in [0.05, 0.1) is 21.8 Å². The quantitative estimate of drug-likeness (QED) is 0.560. The summed E-state index contributed by atoms with van der Waals surface area (Å²) in [7, 11) is 0. The number of aromatic nitrogens is 2. The normalized spacial score (nSPS) is 10.7. The van der Waals surface area contributed by atoms with E-state index >= 15 is 0 Å². The summed E-state index contributed by atoms with van der Waals surface area (Å²) in [4.78, 5) is 4.06. The minimum atomic E-state index is 0.0212. The van der Waals surface area contributed by atoms with Crippen LogP contribution in [-0.2, 0) is 0 Å². The van der Waals surface area contributed by atoms with Crippen molar-refractivity contribution in [2.24, 2.45) is 0 Å². The van der Waals surface area contributed by atoms with Crippen LogP contribution in [0.5, 0.6) is 5.75 Å². The van der Waals surface area contributed by atoms with Crippen LogP contribution in [0.25, 0.3) is 27.8 Å². The molecule has 25 heavy (non-hydrogen) atoms.